The molecule has 0 aromatic heterocycles. The van der Waals surface area contributed by atoms with Gasteiger partial charge in [0.2, 0.25) is 0 Å². The predicted octanol–water partition coefficient (Wildman–Crippen LogP) is 6.06. The summed E-state index contributed by atoms with van der Waals surface area (Å²) < 4.78 is 27.6. The second-order valence-corrected chi connectivity index (χ2v) is 6.45. The van der Waals surface area contributed by atoms with Gasteiger partial charge >= 0.3 is 0 Å². The van der Waals surface area contributed by atoms with Gasteiger partial charge in [-0.15, -0.1) is 0 Å². The lowest BCUT2D eigenvalue weighted by atomic mass is 10.0. The Morgan fingerprint density at radius 2 is 1.89 bits per heavy atom. The average molecular weight is 410 g/mol. The van der Waals surface area contributed by atoms with E-state index in [1.54, 1.807) is 18.2 Å². The molecule has 0 saturated heterocycles. The van der Waals surface area contributed by atoms with E-state index in [4.69, 9.17) is 11.6 Å². The van der Waals surface area contributed by atoms with Crippen LogP contribution in [0.1, 0.15) is 16.0 Å². The van der Waals surface area contributed by atoms with Gasteiger partial charge in [-0.3, -0.25) is 0 Å². The van der Waals surface area contributed by atoms with Gasteiger partial charge in [-0.05, 0) is 41.8 Å². The highest BCUT2D eigenvalue weighted by atomic mass is 79.9. The lowest BCUT2D eigenvalue weighted by molar-refractivity contribution is 0.498. The van der Waals surface area contributed by atoms with Gasteiger partial charge in [0.05, 0.1) is 0 Å². The number of alkyl halides is 1. The molecular weight excluding hydrogens is 401 g/mol. The van der Waals surface area contributed by atoms with Crippen molar-refractivity contribution in [2.75, 3.05) is 0 Å². The SMILES string of the molecule is Fc1cccc(CC(Br)c2cc(Cl)ccc2Br)c1F. The standard InChI is InChI=1S/C14H9Br2ClF2/c15-11-5-4-9(17)7-10(11)12(16)6-8-2-1-3-13(18)14(8)19/h1-5,7,12H,6H2. The van der Waals surface area contributed by atoms with E-state index in [2.05, 4.69) is 31.9 Å². The highest BCUT2D eigenvalue weighted by molar-refractivity contribution is 9.11. The van der Waals surface area contributed by atoms with Crippen LogP contribution in [0.3, 0.4) is 0 Å². The number of benzene rings is 2. The molecule has 0 fully saturated rings. The van der Waals surface area contributed by atoms with E-state index in [1.807, 2.05) is 6.07 Å². The van der Waals surface area contributed by atoms with Crippen LogP contribution in [0.15, 0.2) is 40.9 Å². The molecule has 2 rings (SSSR count). The smallest absolute Gasteiger partial charge is 0.162 e. The molecule has 1 atom stereocenters. The Balaban J connectivity index is 2.28. The molecule has 0 N–H and O–H groups in total. The predicted molar refractivity (Wildman–Crippen MR) is 80.9 cm³/mol. The normalized spacial score (nSPS) is 12.5. The van der Waals surface area contributed by atoms with Crippen LogP contribution in [-0.4, -0.2) is 0 Å². The summed E-state index contributed by atoms with van der Waals surface area (Å²) in [6, 6.07) is 9.57. The minimum absolute atomic E-state index is 0.156. The van der Waals surface area contributed by atoms with Gasteiger partial charge in [-0.25, -0.2) is 8.78 Å². The molecule has 0 heterocycles. The summed E-state index contributed by atoms with van der Waals surface area (Å²) in [5.74, 6) is -1.63. The largest absolute Gasteiger partial charge is 0.204 e. The minimum atomic E-state index is -0.831. The van der Waals surface area contributed by atoms with Gasteiger partial charge in [-0.2, -0.15) is 0 Å². The lowest BCUT2D eigenvalue weighted by Gasteiger charge is -2.13. The molecule has 0 aliphatic rings. The second-order valence-electron chi connectivity index (χ2n) is 4.05. The Hall–Kier alpha value is -0.450. The molecule has 100 valence electrons. The minimum Gasteiger partial charge on any atom is -0.204 e. The molecule has 0 spiro atoms. The Morgan fingerprint density at radius 3 is 2.63 bits per heavy atom. The number of hydrogen-bond acceptors (Lipinski definition) is 0. The van der Waals surface area contributed by atoms with E-state index in [-0.39, 0.29) is 4.83 Å². The van der Waals surface area contributed by atoms with Crippen molar-refractivity contribution >= 4 is 43.5 Å². The summed E-state index contributed by atoms with van der Waals surface area (Å²) in [6.45, 7) is 0. The maximum absolute atomic E-state index is 13.6. The topological polar surface area (TPSA) is 0 Å². The summed E-state index contributed by atoms with van der Waals surface area (Å²) in [7, 11) is 0. The van der Waals surface area contributed by atoms with Crippen molar-refractivity contribution in [2.45, 2.75) is 11.2 Å². The molecule has 0 saturated carbocycles. The quantitative estimate of drug-likeness (QED) is 0.540. The van der Waals surface area contributed by atoms with Crippen LogP contribution in [0, 0.1) is 11.6 Å². The molecule has 0 bridgehead atoms. The van der Waals surface area contributed by atoms with Crippen molar-refractivity contribution in [1.82, 2.24) is 0 Å². The lowest BCUT2D eigenvalue weighted by Crippen LogP contribution is -2.00. The fourth-order valence-corrected chi connectivity index (χ4v) is 3.50. The molecule has 19 heavy (non-hydrogen) atoms. The third kappa shape index (κ3) is 3.56. The Kier molecular flexibility index (Phi) is 4.98. The molecular formula is C14H9Br2ClF2. The fourth-order valence-electron chi connectivity index (χ4n) is 1.76. The highest BCUT2D eigenvalue weighted by Gasteiger charge is 2.16. The molecule has 0 aliphatic heterocycles. The van der Waals surface area contributed by atoms with Crippen LogP contribution < -0.4 is 0 Å². The summed E-state index contributed by atoms with van der Waals surface area (Å²) in [5, 5.41) is 0.599. The molecule has 0 radical (unpaired) electrons. The second kappa shape index (κ2) is 6.33. The van der Waals surface area contributed by atoms with Crippen molar-refractivity contribution in [3.8, 4) is 0 Å². The van der Waals surface area contributed by atoms with Gasteiger partial charge in [-0.1, -0.05) is 55.6 Å². The summed E-state index contributed by atoms with van der Waals surface area (Å²) in [4.78, 5) is -0.156. The number of hydrogen-bond donors (Lipinski definition) is 0. The van der Waals surface area contributed by atoms with Gasteiger partial charge in [0.15, 0.2) is 11.6 Å². The molecule has 1 unspecified atom stereocenters. The molecule has 0 amide bonds. The first-order valence-corrected chi connectivity index (χ1v) is 7.59. The number of halogens is 5. The van der Waals surface area contributed by atoms with E-state index in [0.29, 0.717) is 17.0 Å². The molecule has 2 aromatic rings. The van der Waals surface area contributed by atoms with Gasteiger partial charge in [0, 0.05) is 14.3 Å². The number of rotatable bonds is 3. The molecule has 0 aliphatic carbocycles. The average Bonchev–Trinajstić information content (AvgIpc) is 2.38. The van der Waals surface area contributed by atoms with E-state index < -0.39 is 11.6 Å². The molecule has 0 nitrogen and oxygen atoms in total. The zero-order valence-corrected chi connectivity index (χ0v) is 13.6. The van der Waals surface area contributed by atoms with Gasteiger partial charge in [0.1, 0.15) is 0 Å². The molecule has 5 heteroatoms. The highest BCUT2D eigenvalue weighted by Crippen LogP contribution is 2.34. The van der Waals surface area contributed by atoms with Crippen LogP contribution in [-0.2, 0) is 6.42 Å². The van der Waals surface area contributed by atoms with E-state index >= 15 is 0 Å². The van der Waals surface area contributed by atoms with Crippen molar-refractivity contribution in [1.29, 1.82) is 0 Å². The zero-order valence-electron chi connectivity index (χ0n) is 9.64. The van der Waals surface area contributed by atoms with Gasteiger partial charge < -0.3 is 0 Å². The van der Waals surface area contributed by atoms with E-state index in [1.165, 1.54) is 6.07 Å². The van der Waals surface area contributed by atoms with Crippen molar-refractivity contribution in [3.05, 3.63) is 68.7 Å². The Morgan fingerprint density at radius 1 is 1.16 bits per heavy atom. The van der Waals surface area contributed by atoms with Crippen LogP contribution in [0.2, 0.25) is 5.02 Å². The van der Waals surface area contributed by atoms with E-state index in [9.17, 15) is 8.78 Å². The van der Waals surface area contributed by atoms with Crippen molar-refractivity contribution in [2.24, 2.45) is 0 Å². The summed E-state index contributed by atoms with van der Waals surface area (Å²) in [6.07, 6.45) is 0.336. The van der Waals surface area contributed by atoms with Crippen LogP contribution >= 0.6 is 43.5 Å². The summed E-state index contributed by atoms with van der Waals surface area (Å²) >= 11 is 12.9. The van der Waals surface area contributed by atoms with Gasteiger partial charge in [0.25, 0.3) is 0 Å². The Labute approximate surface area is 132 Å². The van der Waals surface area contributed by atoms with Crippen molar-refractivity contribution in [3.63, 3.8) is 0 Å². The summed E-state index contributed by atoms with van der Waals surface area (Å²) in [5.41, 5.74) is 1.23. The first-order valence-electron chi connectivity index (χ1n) is 5.51. The monoisotopic (exact) mass is 408 g/mol. The molecule has 2 aromatic carbocycles. The van der Waals surface area contributed by atoms with Crippen LogP contribution in [0.5, 0.6) is 0 Å². The first-order chi connectivity index (χ1) is 8.99. The fraction of sp³-hybridized carbons (Fsp3) is 0.143. The third-order valence-corrected chi connectivity index (χ3v) is 4.50. The zero-order chi connectivity index (χ0) is 14.0. The van der Waals surface area contributed by atoms with Crippen LogP contribution in [0.25, 0.3) is 0 Å². The van der Waals surface area contributed by atoms with Crippen molar-refractivity contribution < 1.29 is 8.78 Å². The first kappa shape index (κ1) is 14.9. The van der Waals surface area contributed by atoms with Crippen LogP contribution in [0.4, 0.5) is 8.78 Å². The maximum atomic E-state index is 13.6. The third-order valence-electron chi connectivity index (χ3n) is 2.73. The van der Waals surface area contributed by atoms with E-state index in [0.717, 1.165) is 16.1 Å². The Bertz CT molecular complexity index is 602. The maximum Gasteiger partial charge on any atom is 0.162 e.